The number of benzene rings is 2. The van der Waals surface area contributed by atoms with Gasteiger partial charge in [-0.25, -0.2) is 4.79 Å². The number of aliphatic hydroxyl groups is 1. The van der Waals surface area contributed by atoms with E-state index in [1.807, 2.05) is 41.3 Å². The molecule has 1 atom stereocenters. The normalized spacial score (nSPS) is 14.5. The van der Waals surface area contributed by atoms with E-state index in [0.29, 0.717) is 41.5 Å². The summed E-state index contributed by atoms with van der Waals surface area (Å²) in [5, 5.41) is 22.3. The van der Waals surface area contributed by atoms with Gasteiger partial charge in [0, 0.05) is 31.8 Å². The second-order valence-electron chi connectivity index (χ2n) is 8.33. The zero-order valence-corrected chi connectivity index (χ0v) is 19.6. The lowest BCUT2D eigenvalue weighted by Gasteiger charge is -2.26. The quantitative estimate of drug-likeness (QED) is 0.515. The summed E-state index contributed by atoms with van der Waals surface area (Å²) in [6, 6.07) is 17.0. The van der Waals surface area contributed by atoms with Crippen molar-refractivity contribution in [2.75, 3.05) is 16.8 Å². The van der Waals surface area contributed by atoms with Gasteiger partial charge in [0.15, 0.2) is 0 Å². The Kier molecular flexibility index (Phi) is 7.06. The fraction of sp³-hybridized carbons (Fsp3) is 0.320. The molecule has 3 aromatic rings. The molecule has 2 N–H and O–H groups in total. The molecule has 0 spiro atoms. The molecule has 34 heavy (non-hydrogen) atoms. The number of nitrogens with one attached hydrogen (secondary N) is 1. The number of aryl methyl sites for hydroxylation is 1. The minimum Gasteiger partial charge on any atom is -0.396 e. The van der Waals surface area contributed by atoms with Crippen LogP contribution in [-0.2, 0) is 26.6 Å². The number of fused-ring (bicyclic) bond motifs is 1. The summed E-state index contributed by atoms with van der Waals surface area (Å²) >= 11 is 6.05. The van der Waals surface area contributed by atoms with Crippen molar-refractivity contribution in [3.05, 3.63) is 91.1 Å². The van der Waals surface area contributed by atoms with Crippen LogP contribution < -0.4 is 21.5 Å². The molecule has 0 radical (unpaired) electrons. The van der Waals surface area contributed by atoms with E-state index in [-0.39, 0.29) is 24.9 Å². The number of rotatable bonds is 8. The first-order valence-electron chi connectivity index (χ1n) is 11.1. The van der Waals surface area contributed by atoms with E-state index >= 15 is 0 Å². The number of aromatic nitrogens is 2. The Morgan fingerprint density at radius 1 is 1.09 bits per heavy atom. The molecule has 0 bridgehead atoms. The minimum absolute atomic E-state index is 0.105. The first-order chi connectivity index (χ1) is 16.4. The number of halogens is 1. The maximum Gasteiger partial charge on any atom is 0.332 e. The fourth-order valence-corrected chi connectivity index (χ4v) is 4.37. The number of nitrogens with zero attached hydrogens (tertiary/aromatic N) is 4. The molecule has 0 saturated carbocycles. The molecule has 2 heterocycles. The molecule has 1 aliphatic rings. The predicted molar refractivity (Wildman–Crippen MR) is 132 cm³/mol. The highest BCUT2D eigenvalue weighted by molar-refractivity contribution is 6.30. The Labute approximate surface area is 202 Å². The molecule has 176 valence electrons. The first kappa shape index (κ1) is 23.6. The molecule has 0 amide bonds. The van der Waals surface area contributed by atoms with Gasteiger partial charge in [0.25, 0.3) is 5.56 Å². The Hall–Kier alpha value is -3.54. The fourth-order valence-electron chi connectivity index (χ4n) is 4.25. The minimum atomic E-state index is -0.413. The topological polar surface area (TPSA) is 103 Å². The van der Waals surface area contributed by atoms with Crippen LogP contribution in [0.5, 0.6) is 0 Å². The van der Waals surface area contributed by atoms with Gasteiger partial charge < -0.3 is 15.3 Å². The van der Waals surface area contributed by atoms with E-state index in [2.05, 4.69) is 11.4 Å². The Bertz CT molecular complexity index is 1320. The lowest BCUT2D eigenvalue weighted by atomic mass is 10.1. The summed E-state index contributed by atoms with van der Waals surface area (Å²) in [5.41, 5.74) is 2.34. The third kappa shape index (κ3) is 4.72. The highest BCUT2D eigenvalue weighted by atomic mass is 35.5. The number of anilines is 2. The van der Waals surface area contributed by atoms with Crippen LogP contribution in [0, 0.1) is 11.3 Å². The van der Waals surface area contributed by atoms with Crippen LogP contribution in [0.3, 0.4) is 0 Å². The van der Waals surface area contributed by atoms with Crippen molar-refractivity contribution in [3.8, 4) is 6.07 Å². The molecule has 0 fully saturated rings. The summed E-state index contributed by atoms with van der Waals surface area (Å²) in [5.74, 6) is 0.494. The molecular formula is C25H26ClN5O3. The van der Waals surface area contributed by atoms with Crippen molar-refractivity contribution in [1.82, 2.24) is 9.13 Å². The van der Waals surface area contributed by atoms with Crippen LogP contribution in [0.4, 0.5) is 11.5 Å². The molecule has 1 unspecified atom stereocenters. The summed E-state index contributed by atoms with van der Waals surface area (Å²) in [6.45, 7) is 0.509. The van der Waals surface area contributed by atoms with Crippen molar-refractivity contribution in [3.63, 3.8) is 0 Å². The second-order valence-corrected chi connectivity index (χ2v) is 8.77. The smallest absolute Gasteiger partial charge is 0.332 e. The van der Waals surface area contributed by atoms with Crippen LogP contribution in [0.15, 0.2) is 58.1 Å². The summed E-state index contributed by atoms with van der Waals surface area (Å²) in [4.78, 5) is 28.3. The molecule has 0 aliphatic carbocycles. The average Bonchev–Trinajstić information content (AvgIpc) is 3.21. The van der Waals surface area contributed by atoms with E-state index in [1.165, 1.54) is 9.13 Å². The van der Waals surface area contributed by atoms with Gasteiger partial charge in [-0.05, 0) is 54.7 Å². The number of nitriles is 1. The van der Waals surface area contributed by atoms with E-state index in [0.717, 1.165) is 17.5 Å². The molecule has 2 aromatic carbocycles. The van der Waals surface area contributed by atoms with Gasteiger partial charge in [0.05, 0.1) is 11.6 Å². The second kappa shape index (κ2) is 10.2. The van der Waals surface area contributed by atoms with Crippen LogP contribution in [0.2, 0.25) is 5.02 Å². The Balaban J connectivity index is 1.69. The zero-order valence-electron chi connectivity index (χ0n) is 18.9. The number of hydrogen-bond donors (Lipinski definition) is 2. The monoisotopic (exact) mass is 479 g/mol. The lowest BCUT2D eigenvalue weighted by molar-refractivity contribution is 0.277. The summed E-state index contributed by atoms with van der Waals surface area (Å²) < 4.78 is 2.65. The molecule has 8 nitrogen and oxygen atoms in total. The molecular weight excluding hydrogens is 454 g/mol. The third-order valence-corrected chi connectivity index (χ3v) is 6.34. The van der Waals surface area contributed by atoms with Crippen molar-refractivity contribution < 1.29 is 5.11 Å². The van der Waals surface area contributed by atoms with Gasteiger partial charge in [0.1, 0.15) is 17.7 Å². The third-order valence-electron chi connectivity index (χ3n) is 6.09. The maximum atomic E-state index is 13.4. The van der Waals surface area contributed by atoms with E-state index in [4.69, 9.17) is 16.9 Å². The standard InChI is InChI=1S/C25H26ClN5O3/c1-29-23-22(24(33)30(25(29)34)13-2-14-32)31(16-19-7-10-20(26)11-8-19)21(28-23)12-9-17-3-5-18(15-27)6-4-17/h3-8,10-11,21,28,32H,2,9,12-14,16H2,1H3. The van der Waals surface area contributed by atoms with E-state index in [9.17, 15) is 14.7 Å². The molecule has 9 heteroatoms. The first-order valence-corrected chi connectivity index (χ1v) is 11.5. The van der Waals surface area contributed by atoms with Gasteiger partial charge in [-0.2, -0.15) is 5.26 Å². The van der Waals surface area contributed by atoms with Crippen molar-refractivity contribution in [1.29, 1.82) is 5.26 Å². The van der Waals surface area contributed by atoms with E-state index in [1.54, 1.807) is 19.2 Å². The SMILES string of the molecule is Cn1c2c(c(=O)n(CCCO)c1=O)N(Cc1ccc(Cl)cc1)C(CCc1ccc(C#N)cc1)N2. The molecule has 1 aliphatic heterocycles. The van der Waals surface area contributed by atoms with Crippen molar-refractivity contribution in [2.45, 2.75) is 38.5 Å². The van der Waals surface area contributed by atoms with Crippen LogP contribution >= 0.6 is 11.6 Å². The number of aliphatic hydroxyl groups excluding tert-OH is 1. The summed E-state index contributed by atoms with van der Waals surface area (Å²) in [6.07, 6.45) is 1.51. The Morgan fingerprint density at radius 2 is 1.76 bits per heavy atom. The highest BCUT2D eigenvalue weighted by Crippen LogP contribution is 2.33. The molecule has 4 rings (SSSR count). The average molecular weight is 480 g/mol. The zero-order chi connectivity index (χ0) is 24.2. The van der Waals surface area contributed by atoms with Crippen LogP contribution in [0.25, 0.3) is 0 Å². The number of hydrogen-bond acceptors (Lipinski definition) is 6. The lowest BCUT2D eigenvalue weighted by Crippen LogP contribution is -2.42. The largest absolute Gasteiger partial charge is 0.396 e. The van der Waals surface area contributed by atoms with Crippen LogP contribution in [-0.4, -0.2) is 27.0 Å². The van der Waals surface area contributed by atoms with Gasteiger partial charge in [-0.3, -0.25) is 13.9 Å². The molecule has 0 saturated heterocycles. The maximum absolute atomic E-state index is 13.4. The highest BCUT2D eigenvalue weighted by Gasteiger charge is 2.34. The predicted octanol–water partition coefficient (Wildman–Crippen LogP) is 2.85. The van der Waals surface area contributed by atoms with E-state index < -0.39 is 5.69 Å². The molecule has 1 aromatic heterocycles. The van der Waals surface area contributed by atoms with Crippen LogP contribution in [0.1, 0.15) is 29.5 Å². The summed E-state index contributed by atoms with van der Waals surface area (Å²) in [7, 11) is 1.65. The Morgan fingerprint density at radius 3 is 2.41 bits per heavy atom. The van der Waals surface area contributed by atoms with Crippen molar-refractivity contribution >= 4 is 23.1 Å². The van der Waals surface area contributed by atoms with Gasteiger partial charge in [0.2, 0.25) is 0 Å². The van der Waals surface area contributed by atoms with Gasteiger partial charge in [-0.1, -0.05) is 35.9 Å². The van der Waals surface area contributed by atoms with Gasteiger partial charge in [-0.15, -0.1) is 0 Å². The van der Waals surface area contributed by atoms with Crippen molar-refractivity contribution in [2.24, 2.45) is 7.05 Å². The van der Waals surface area contributed by atoms with Gasteiger partial charge >= 0.3 is 5.69 Å².